The van der Waals surface area contributed by atoms with E-state index in [-0.39, 0.29) is 0 Å². The number of rotatable bonds is 7. The molecule has 0 aliphatic rings. The number of nitrogens with zero attached hydrogens (tertiary/aromatic N) is 4. The first-order chi connectivity index (χ1) is 10.0. The monoisotopic (exact) mass is 351 g/mol. The average Bonchev–Trinajstić information content (AvgIpc) is 2.84. The zero-order valence-corrected chi connectivity index (χ0v) is 14.3. The summed E-state index contributed by atoms with van der Waals surface area (Å²) in [6, 6.07) is 8.47. The molecule has 0 fully saturated rings. The molecule has 1 heterocycles. The van der Waals surface area contributed by atoms with Gasteiger partial charge in [-0.25, -0.2) is 0 Å². The van der Waals surface area contributed by atoms with E-state index in [0.717, 1.165) is 29.8 Å². The van der Waals surface area contributed by atoms with Crippen molar-refractivity contribution < 1.29 is 0 Å². The smallest absolute Gasteiger partial charge is 0.175 e. The van der Waals surface area contributed by atoms with Crippen LogP contribution in [0.3, 0.4) is 0 Å². The normalized spacial score (nSPS) is 12.8. The Bertz CT molecular complexity index is 549. The fourth-order valence-corrected chi connectivity index (χ4v) is 2.48. The third-order valence-electron chi connectivity index (χ3n) is 3.26. The topological polar surface area (TPSA) is 55.6 Å². The first-order valence-corrected chi connectivity index (χ1v) is 8.03. The molecule has 6 heteroatoms. The first kappa shape index (κ1) is 16.1. The fourth-order valence-electron chi connectivity index (χ4n) is 2.21. The van der Waals surface area contributed by atoms with Gasteiger partial charge >= 0.3 is 0 Å². The second-order valence-corrected chi connectivity index (χ2v) is 6.62. The lowest BCUT2D eigenvalue weighted by Crippen LogP contribution is -2.26. The molecule has 1 atom stereocenters. The SMILES string of the molecule is CC(C)CNCC(Cc1nnn(C)n1)c1ccc(Br)cc1. The Kier molecular flexibility index (Phi) is 5.87. The molecule has 1 N–H and O–H groups in total. The van der Waals surface area contributed by atoms with Crippen LogP contribution in [0.2, 0.25) is 0 Å². The highest BCUT2D eigenvalue weighted by Crippen LogP contribution is 2.21. The van der Waals surface area contributed by atoms with Crippen molar-refractivity contribution in [3.8, 4) is 0 Å². The maximum atomic E-state index is 4.29. The Morgan fingerprint density at radius 2 is 1.90 bits per heavy atom. The van der Waals surface area contributed by atoms with Crippen LogP contribution < -0.4 is 5.32 Å². The third-order valence-corrected chi connectivity index (χ3v) is 3.79. The zero-order valence-electron chi connectivity index (χ0n) is 12.8. The molecule has 5 nitrogen and oxygen atoms in total. The molecule has 2 rings (SSSR count). The summed E-state index contributed by atoms with van der Waals surface area (Å²) in [7, 11) is 1.79. The Balaban J connectivity index is 2.07. The molecule has 0 spiro atoms. The molecule has 0 saturated carbocycles. The van der Waals surface area contributed by atoms with Gasteiger partial charge < -0.3 is 5.32 Å². The number of benzene rings is 1. The van der Waals surface area contributed by atoms with Crippen LogP contribution in [0.15, 0.2) is 28.7 Å². The van der Waals surface area contributed by atoms with Crippen LogP contribution in [-0.2, 0) is 13.5 Å². The predicted octanol–water partition coefficient (Wildman–Crippen LogP) is 2.54. The molecule has 114 valence electrons. The summed E-state index contributed by atoms with van der Waals surface area (Å²) in [6.07, 6.45) is 0.792. The minimum atomic E-state index is 0.348. The van der Waals surface area contributed by atoms with Gasteiger partial charge in [0.15, 0.2) is 5.82 Å². The summed E-state index contributed by atoms with van der Waals surface area (Å²) in [5.41, 5.74) is 1.29. The molecular formula is C15H22BrN5. The van der Waals surface area contributed by atoms with E-state index < -0.39 is 0 Å². The number of nitrogens with one attached hydrogen (secondary N) is 1. The second-order valence-electron chi connectivity index (χ2n) is 5.70. The van der Waals surface area contributed by atoms with Crippen molar-refractivity contribution in [3.63, 3.8) is 0 Å². The van der Waals surface area contributed by atoms with Crippen LogP contribution in [0.1, 0.15) is 31.2 Å². The first-order valence-electron chi connectivity index (χ1n) is 7.23. The van der Waals surface area contributed by atoms with E-state index in [1.807, 2.05) is 0 Å². The van der Waals surface area contributed by atoms with E-state index >= 15 is 0 Å². The van der Waals surface area contributed by atoms with Crippen molar-refractivity contribution in [3.05, 3.63) is 40.1 Å². The lowest BCUT2D eigenvalue weighted by Gasteiger charge is -2.17. The molecule has 1 aromatic heterocycles. The minimum absolute atomic E-state index is 0.348. The van der Waals surface area contributed by atoms with Crippen LogP contribution in [0.4, 0.5) is 0 Å². The number of aromatic nitrogens is 4. The molecule has 2 aromatic rings. The second kappa shape index (κ2) is 7.66. The lowest BCUT2D eigenvalue weighted by molar-refractivity contribution is 0.509. The van der Waals surface area contributed by atoms with Gasteiger partial charge in [0.05, 0.1) is 7.05 Å². The highest BCUT2D eigenvalue weighted by atomic mass is 79.9. The molecule has 1 unspecified atom stereocenters. The molecule has 0 saturated heterocycles. The van der Waals surface area contributed by atoms with Gasteiger partial charge in [-0.2, -0.15) is 4.80 Å². The molecular weight excluding hydrogens is 330 g/mol. The summed E-state index contributed by atoms with van der Waals surface area (Å²) in [4.78, 5) is 1.51. The Morgan fingerprint density at radius 3 is 2.48 bits per heavy atom. The summed E-state index contributed by atoms with van der Waals surface area (Å²) < 4.78 is 1.10. The highest BCUT2D eigenvalue weighted by molar-refractivity contribution is 9.10. The van der Waals surface area contributed by atoms with E-state index in [1.54, 1.807) is 7.05 Å². The van der Waals surface area contributed by atoms with E-state index in [9.17, 15) is 0 Å². The third kappa shape index (κ3) is 5.21. The van der Waals surface area contributed by atoms with Gasteiger partial charge in [0.25, 0.3) is 0 Å². The highest BCUT2D eigenvalue weighted by Gasteiger charge is 2.15. The van der Waals surface area contributed by atoms with Crippen LogP contribution >= 0.6 is 15.9 Å². The molecule has 0 aliphatic carbocycles. The Labute approximate surface area is 134 Å². The quantitative estimate of drug-likeness (QED) is 0.832. The van der Waals surface area contributed by atoms with E-state index in [4.69, 9.17) is 0 Å². The Hall–Kier alpha value is -1.27. The van der Waals surface area contributed by atoms with Crippen molar-refractivity contribution >= 4 is 15.9 Å². The van der Waals surface area contributed by atoms with Gasteiger partial charge in [-0.05, 0) is 35.4 Å². The fraction of sp³-hybridized carbons (Fsp3) is 0.533. The molecule has 0 amide bonds. The molecule has 21 heavy (non-hydrogen) atoms. The van der Waals surface area contributed by atoms with E-state index in [0.29, 0.717) is 11.8 Å². The standard InChI is InChI=1S/C15H22BrN5/c1-11(2)9-17-10-13(8-15-18-20-21(3)19-15)12-4-6-14(16)7-5-12/h4-7,11,13,17H,8-10H2,1-3H3. The average molecular weight is 352 g/mol. The van der Waals surface area contributed by atoms with Crippen molar-refractivity contribution in [2.45, 2.75) is 26.2 Å². The van der Waals surface area contributed by atoms with Gasteiger partial charge in [-0.1, -0.05) is 41.9 Å². The van der Waals surface area contributed by atoms with Crippen molar-refractivity contribution in [1.29, 1.82) is 0 Å². The maximum absolute atomic E-state index is 4.29. The van der Waals surface area contributed by atoms with Gasteiger partial charge in [-0.15, -0.1) is 10.2 Å². The van der Waals surface area contributed by atoms with Crippen molar-refractivity contribution in [2.75, 3.05) is 13.1 Å². The molecule has 0 aliphatic heterocycles. The predicted molar refractivity (Wildman–Crippen MR) is 87.1 cm³/mol. The van der Waals surface area contributed by atoms with E-state index in [2.05, 4.69) is 74.8 Å². The van der Waals surface area contributed by atoms with Crippen LogP contribution in [0, 0.1) is 5.92 Å². The van der Waals surface area contributed by atoms with Gasteiger partial charge in [0, 0.05) is 23.4 Å². The van der Waals surface area contributed by atoms with Crippen molar-refractivity contribution in [1.82, 2.24) is 25.5 Å². The molecule has 0 radical (unpaired) electrons. The number of tetrazole rings is 1. The Morgan fingerprint density at radius 1 is 1.19 bits per heavy atom. The maximum Gasteiger partial charge on any atom is 0.175 e. The summed E-state index contributed by atoms with van der Waals surface area (Å²) in [6.45, 7) is 6.36. The van der Waals surface area contributed by atoms with Crippen molar-refractivity contribution in [2.24, 2.45) is 13.0 Å². The summed E-state index contributed by atoms with van der Waals surface area (Å²) in [5, 5.41) is 15.8. The molecule has 0 bridgehead atoms. The van der Waals surface area contributed by atoms with E-state index in [1.165, 1.54) is 10.4 Å². The lowest BCUT2D eigenvalue weighted by atomic mass is 9.95. The number of hydrogen-bond donors (Lipinski definition) is 1. The minimum Gasteiger partial charge on any atom is -0.316 e. The van der Waals surface area contributed by atoms with Crippen LogP contribution in [-0.4, -0.2) is 33.3 Å². The number of hydrogen-bond acceptors (Lipinski definition) is 4. The zero-order chi connectivity index (χ0) is 15.2. The number of halogens is 1. The number of aryl methyl sites for hydroxylation is 1. The van der Waals surface area contributed by atoms with Gasteiger partial charge in [0.2, 0.25) is 0 Å². The van der Waals surface area contributed by atoms with Gasteiger partial charge in [0.1, 0.15) is 0 Å². The summed E-state index contributed by atoms with van der Waals surface area (Å²) in [5.74, 6) is 1.78. The molecule has 1 aromatic carbocycles. The largest absolute Gasteiger partial charge is 0.316 e. The summed E-state index contributed by atoms with van der Waals surface area (Å²) >= 11 is 3.48. The van der Waals surface area contributed by atoms with Gasteiger partial charge in [-0.3, -0.25) is 0 Å². The van der Waals surface area contributed by atoms with Crippen LogP contribution in [0.25, 0.3) is 0 Å². The van der Waals surface area contributed by atoms with Crippen LogP contribution in [0.5, 0.6) is 0 Å².